The standard InChI is InChI=1S/C23H23N3O6S/c1-30-18-8-3-2-6-16(18)25-20(27)12-21-24-15(14-33-21)13-32-23(29)17-7-4-10-26(17)22(28)19-9-5-11-31-19/h2-3,5-6,8-9,11,14,17H,4,7,10,12-13H2,1H3,(H,25,27). The molecular weight excluding hydrogens is 446 g/mol. The van der Waals surface area contributed by atoms with Crippen molar-refractivity contribution in [2.45, 2.75) is 31.9 Å². The number of methoxy groups -OCH3 is 1. The fourth-order valence-electron chi connectivity index (χ4n) is 3.61. The molecule has 2 aromatic heterocycles. The molecule has 2 amide bonds. The Hall–Kier alpha value is -3.66. The number of benzene rings is 1. The van der Waals surface area contributed by atoms with Crippen molar-refractivity contribution in [3.63, 3.8) is 0 Å². The number of hydrogen-bond acceptors (Lipinski definition) is 8. The molecule has 0 bridgehead atoms. The molecule has 172 valence electrons. The summed E-state index contributed by atoms with van der Waals surface area (Å²) in [5.41, 5.74) is 1.14. The summed E-state index contributed by atoms with van der Waals surface area (Å²) < 4.78 is 15.8. The van der Waals surface area contributed by atoms with Crippen molar-refractivity contribution in [1.82, 2.24) is 9.88 Å². The van der Waals surface area contributed by atoms with Gasteiger partial charge in [-0.05, 0) is 37.1 Å². The molecule has 10 heteroatoms. The third-order valence-electron chi connectivity index (χ3n) is 5.17. The summed E-state index contributed by atoms with van der Waals surface area (Å²) in [6.45, 7) is 0.449. The number of para-hydroxylation sites is 2. The van der Waals surface area contributed by atoms with E-state index in [1.807, 2.05) is 12.1 Å². The molecule has 1 atom stereocenters. The van der Waals surface area contributed by atoms with Crippen LogP contribution in [0.4, 0.5) is 5.69 Å². The third kappa shape index (κ3) is 5.40. The summed E-state index contributed by atoms with van der Waals surface area (Å²) in [5, 5.41) is 5.16. The van der Waals surface area contributed by atoms with Crippen LogP contribution in [0.3, 0.4) is 0 Å². The Labute approximate surface area is 194 Å². The van der Waals surface area contributed by atoms with E-state index >= 15 is 0 Å². The molecule has 3 aromatic rings. The molecule has 0 aliphatic carbocycles. The average molecular weight is 470 g/mol. The molecule has 0 saturated carbocycles. The molecule has 1 aromatic carbocycles. The number of carbonyl (C=O) groups is 3. The Morgan fingerprint density at radius 2 is 2.09 bits per heavy atom. The summed E-state index contributed by atoms with van der Waals surface area (Å²) in [6, 6.07) is 9.71. The van der Waals surface area contributed by atoms with Crippen molar-refractivity contribution < 1.29 is 28.3 Å². The second kappa shape index (κ2) is 10.3. The maximum Gasteiger partial charge on any atom is 0.329 e. The first-order chi connectivity index (χ1) is 16.0. The van der Waals surface area contributed by atoms with E-state index in [2.05, 4.69) is 10.3 Å². The smallest absolute Gasteiger partial charge is 0.329 e. The van der Waals surface area contributed by atoms with Gasteiger partial charge in [-0.2, -0.15) is 0 Å². The first-order valence-corrected chi connectivity index (χ1v) is 11.3. The number of carbonyl (C=O) groups excluding carboxylic acids is 3. The highest BCUT2D eigenvalue weighted by atomic mass is 32.1. The minimum absolute atomic E-state index is 0.0251. The van der Waals surface area contributed by atoms with E-state index < -0.39 is 12.0 Å². The molecule has 1 fully saturated rings. The molecule has 1 aliphatic rings. The predicted octanol–water partition coefficient (Wildman–Crippen LogP) is 3.27. The Morgan fingerprint density at radius 1 is 1.24 bits per heavy atom. The number of nitrogens with one attached hydrogen (secondary N) is 1. The summed E-state index contributed by atoms with van der Waals surface area (Å²) in [5.74, 6) is -0.253. The zero-order chi connectivity index (χ0) is 23.2. The molecule has 4 rings (SSSR count). The highest BCUT2D eigenvalue weighted by Crippen LogP contribution is 2.24. The minimum atomic E-state index is -0.646. The number of esters is 1. The van der Waals surface area contributed by atoms with E-state index in [1.165, 1.54) is 29.6 Å². The van der Waals surface area contributed by atoms with Gasteiger partial charge in [-0.3, -0.25) is 9.59 Å². The van der Waals surface area contributed by atoms with E-state index in [4.69, 9.17) is 13.9 Å². The highest BCUT2D eigenvalue weighted by molar-refractivity contribution is 7.09. The van der Waals surface area contributed by atoms with Crippen molar-refractivity contribution in [2.75, 3.05) is 19.0 Å². The maximum atomic E-state index is 12.6. The van der Waals surface area contributed by atoms with Gasteiger partial charge < -0.3 is 24.1 Å². The minimum Gasteiger partial charge on any atom is -0.495 e. The largest absolute Gasteiger partial charge is 0.495 e. The molecule has 9 nitrogen and oxygen atoms in total. The van der Waals surface area contributed by atoms with Crippen LogP contribution in [-0.4, -0.2) is 47.4 Å². The summed E-state index contributed by atoms with van der Waals surface area (Å²) in [6.07, 6.45) is 2.77. The van der Waals surface area contributed by atoms with E-state index in [0.717, 1.165) is 0 Å². The second-order valence-corrected chi connectivity index (χ2v) is 8.34. The number of hydrogen-bond donors (Lipinski definition) is 1. The summed E-state index contributed by atoms with van der Waals surface area (Å²) in [7, 11) is 1.54. The van der Waals surface area contributed by atoms with Crippen molar-refractivity contribution in [2.24, 2.45) is 0 Å². The lowest BCUT2D eigenvalue weighted by Gasteiger charge is -2.22. The maximum absolute atomic E-state index is 12.6. The summed E-state index contributed by atoms with van der Waals surface area (Å²) >= 11 is 1.31. The van der Waals surface area contributed by atoms with Gasteiger partial charge in [-0.15, -0.1) is 11.3 Å². The number of nitrogens with zero attached hydrogens (tertiary/aromatic N) is 2. The number of ether oxygens (including phenoxy) is 2. The summed E-state index contributed by atoms with van der Waals surface area (Å²) in [4.78, 5) is 43.4. The molecule has 1 saturated heterocycles. The number of thiazole rings is 1. The third-order valence-corrected chi connectivity index (χ3v) is 6.07. The molecule has 3 heterocycles. The van der Waals surface area contributed by atoms with Gasteiger partial charge in [0.2, 0.25) is 5.91 Å². The van der Waals surface area contributed by atoms with Gasteiger partial charge in [0, 0.05) is 11.9 Å². The zero-order valence-corrected chi connectivity index (χ0v) is 18.8. The molecule has 0 radical (unpaired) electrons. The van der Waals surface area contributed by atoms with Crippen LogP contribution in [0.5, 0.6) is 5.75 Å². The Bertz CT molecular complexity index is 1130. The van der Waals surface area contributed by atoms with Crippen molar-refractivity contribution >= 4 is 34.8 Å². The second-order valence-electron chi connectivity index (χ2n) is 7.40. The van der Waals surface area contributed by atoms with Crippen LogP contribution >= 0.6 is 11.3 Å². The number of furan rings is 1. The Balaban J connectivity index is 1.29. The van der Waals surface area contributed by atoms with E-state index in [9.17, 15) is 14.4 Å². The van der Waals surface area contributed by atoms with Crippen LogP contribution in [0.15, 0.2) is 52.5 Å². The topological polar surface area (TPSA) is 111 Å². The molecule has 33 heavy (non-hydrogen) atoms. The number of aromatic nitrogens is 1. The van der Waals surface area contributed by atoms with Crippen LogP contribution in [0, 0.1) is 0 Å². The van der Waals surface area contributed by atoms with Gasteiger partial charge in [-0.25, -0.2) is 9.78 Å². The SMILES string of the molecule is COc1ccccc1NC(=O)Cc1nc(COC(=O)C2CCCN2C(=O)c2ccco2)cs1. The van der Waals surface area contributed by atoms with Gasteiger partial charge in [0.25, 0.3) is 5.91 Å². The fraction of sp³-hybridized carbons (Fsp3) is 0.304. The van der Waals surface area contributed by atoms with Crippen molar-refractivity contribution in [3.8, 4) is 5.75 Å². The number of rotatable bonds is 8. The zero-order valence-electron chi connectivity index (χ0n) is 18.0. The van der Waals surface area contributed by atoms with E-state index in [-0.39, 0.29) is 30.6 Å². The van der Waals surface area contributed by atoms with Crippen LogP contribution in [-0.2, 0) is 27.4 Å². The van der Waals surface area contributed by atoms with Crippen molar-refractivity contribution in [3.05, 3.63) is 64.5 Å². The van der Waals surface area contributed by atoms with Crippen LogP contribution in [0.2, 0.25) is 0 Å². The monoisotopic (exact) mass is 469 g/mol. The Kier molecular flexibility index (Phi) is 7.04. The molecule has 0 spiro atoms. The predicted molar refractivity (Wildman–Crippen MR) is 120 cm³/mol. The number of anilines is 1. The molecule has 1 N–H and O–H groups in total. The van der Waals surface area contributed by atoms with Gasteiger partial charge in [-0.1, -0.05) is 12.1 Å². The first-order valence-electron chi connectivity index (χ1n) is 10.4. The van der Waals surface area contributed by atoms with Gasteiger partial charge in [0.15, 0.2) is 5.76 Å². The lowest BCUT2D eigenvalue weighted by atomic mass is 10.2. The van der Waals surface area contributed by atoms with Crippen LogP contribution in [0.25, 0.3) is 0 Å². The number of amides is 2. The normalized spacial score (nSPS) is 15.3. The number of likely N-dealkylation sites (tertiary alicyclic amines) is 1. The highest BCUT2D eigenvalue weighted by Gasteiger charge is 2.36. The van der Waals surface area contributed by atoms with Gasteiger partial charge >= 0.3 is 5.97 Å². The van der Waals surface area contributed by atoms with Crippen LogP contribution in [0.1, 0.15) is 34.1 Å². The quantitative estimate of drug-likeness (QED) is 0.504. The lowest BCUT2D eigenvalue weighted by Crippen LogP contribution is -2.41. The van der Waals surface area contributed by atoms with Gasteiger partial charge in [0.05, 0.1) is 31.2 Å². The van der Waals surface area contributed by atoms with Gasteiger partial charge in [0.1, 0.15) is 23.4 Å². The average Bonchev–Trinajstić information content (AvgIpc) is 3.59. The van der Waals surface area contributed by atoms with Crippen molar-refractivity contribution in [1.29, 1.82) is 0 Å². The van der Waals surface area contributed by atoms with E-state index in [0.29, 0.717) is 41.5 Å². The van der Waals surface area contributed by atoms with E-state index in [1.54, 1.807) is 29.6 Å². The van der Waals surface area contributed by atoms with Crippen LogP contribution < -0.4 is 10.1 Å². The molecular formula is C23H23N3O6S. The fourth-order valence-corrected chi connectivity index (χ4v) is 4.39. The Morgan fingerprint density at radius 3 is 2.88 bits per heavy atom. The first kappa shape index (κ1) is 22.5. The lowest BCUT2D eigenvalue weighted by molar-refractivity contribution is -0.149. The molecule has 1 aliphatic heterocycles. The molecule has 1 unspecified atom stereocenters.